The number of benzene rings is 1. The molecule has 2 aliphatic heterocycles. The number of piperidine rings is 1. The second kappa shape index (κ2) is 8.34. The Bertz CT molecular complexity index is 837. The zero-order chi connectivity index (χ0) is 20.6. The molecule has 7 nitrogen and oxygen atoms in total. The number of carbonyl (C=O) groups is 1. The van der Waals surface area contributed by atoms with Gasteiger partial charge in [0, 0.05) is 43.8 Å². The number of hydrogen-bond acceptors (Lipinski definition) is 5. The molecule has 1 aromatic carbocycles. The summed E-state index contributed by atoms with van der Waals surface area (Å²) >= 11 is 0. The molecule has 1 aliphatic carbocycles. The Morgan fingerprint density at radius 2 is 1.72 bits per heavy atom. The van der Waals surface area contributed by atoms with E-state index >= 15 is 0 Å². The highest BCUT2D eigenvalue weighted by atomic mass is 32.2. The van der Waals surface area contributed by atoms with E-state index in [9.17, 15) is 13.2 Å². The van der Waals surface area contributed by atoms with Crippen LogP contribution in [0.25, 0.3) is 0 Å². The van der Waals surface area contributed by atoms with Gasteiger partial charge in [0.2, 0.25) is 10.0 Å². The van der Waals surface area contributed by atoms with Crippen LogP contribution in [-0.4, -0.2) is 74.0 Å². The van der Waals surface area contributed by atoms with Crippen molar-refractivity contribution in [1.82, 2.24) is 14.5 Å². The van der Waals surface area contributed by atoms with Gasteiger partial charge in [-0.3, -0.25) is 4.79 Å². The summed E-state index contributed by atoms with van der Waals surface area (Å²) in [4.78, 5) is 15.4. The first-order chi connectivity index (χ1) is 13.8. The molecule has 4 rings (SSSR count). The van der Waals surface area contributed by atoms with Crippen molar-refractivity contribution in [1.29, 1.82) is 0 Å². The van der Waals surface area contributed by atoms with Crippen LogP contribution in [-0.2, 0) is 14.8 Å². The van der Waals surface area contributed by atoms with Crippen molar-refractivity contribution in [2.75, 3.05) is 26.2 Å². The van der Waals surface area contributed by atoms with E-state index in [0.29, 0.717) is 18.7 Å². The van der Waals surface area contributed by atoms with E-state index < -0.39 is 10.0 Å². The molecule has 3 fully saturated rings. The fourth-order valence-corrected chi connectivity index (χ4v) is 6.03. The van der Waals surface area contributed by atoms with Crippen molar-refractivity contribution in [2.24, 2.45) is 0 Å². The molecule has 0 spiro atoms. The van der Waals surface area contributed by atoms with Gasteiger partial charge in [-0.15, -0.1) is 0 Å². The van der Waals surface area contributed by atoms with Crippen molar-refractivity contribution < 1.29 is 17.9 Å². The smallest absolute Gasteiger partial charge is 0.251 e. The molecule has 1 amide bonds. The third-order valence-corrected chi connectivity index (χ3v) is 7.88. The predicted molar refractivity (Wildman–Crippen MR) is 110 cm³/mol. The van der Waals surface area contributed by atoms with Gasteiger partial charge in [-0.25, -0.2) is 8.42 Å². The van der Waals surface area contributed by atoms with E-state index in [-0.39, 0.29) is 29.1 Å². The van der Waals surface area contributed by atoms with Gasteiger partial charge in [0.25, 0.3) is 5.91 Å². The molecule has 0 radical (unpaired) electrons. The Morgan fingerprint density at radius 3 is 2.34 bits per heavy atom. The number of likely N-dealkylation sites (tertiary alicyclic amines) is 1. The maximum absolute atomic E-state index is 13.1. The van der Waals surface area contributed by atoms with Gasteiger partial charge in [0.05, 0.1) is 17.1 Å². The number of nitrogens with one attached hydrogen (secondary N) is 1. The highest BCUT2D eigenvalue weighted by molar-refractivity contribution is 7.89. The largest absolute Gasteiger partial charge is 0.373 e. The molecule has 2 heterocycles. The predicted octanol–water partition coefficient (Wildman–Crippen LogP) is 1.84. The molecule has 160 valence electrons. The molecule has 29 heavy (non-hydrogen) atoms. The average molecular weight is 422 g/mol. The molecule has 2 saturated heterocycles. The molecule has 0 bridgehead atoms. The summed E-state index contributed by atoms with van der Waals surface area (Å²) in [6, 6.07) is 7.29. The lowest BCUT2D eigenvalue weighted by Crippen LogP contribution is -2.48. The van der Waals surface area contributed by atoms with Crippen LogP contribution in [0.2, 0.25) is 0 Å². The van der Waals surface area contributed by atoms with Gasteiger partial charge in [-0.05, 0) is 57.7 Å². The topological polar surface area (TPSA) is 79.0 Å². The molecule has 3 aliphatic rings. The summed E-state index contributed by atoms with van der Waals surface area (Å²) in [5.74, 6) is -0.198. The van der Waals surface area contributed by atoms with Crippen molar-refractivity contribution in [3.05, 3.63) is 29.8 Å². The minimum atomic E-state index is -3.66. The standard InChI is InChI=1S/C21H31N3O4S/c1-15-13-24(14-16(2)28-15)29(26,27)20-5-3-4-17(12-20)21(25)22-18-8-10-23(11-9-18)19-6-7-19/h3-5,12,15-16,18-19H,6-11,13-14H2,1-2H3,(H,22,25). The van der Waals surface area contributed by atoms with Gasteiger partial charge in [-0.1, -0.05) is 6.07 Å². The molecular formula is C21H31N3O4S. The van der Waals surface area contributed by atoms with Crippen LogP contribution in [0.4, 0.5) is 0 Å². The van der Waals surface area contributed by atoms with Crippen molar-refractivity contribution in [2.45, 2.75) is 68.7 Å². The molecule has 1 aromatic rings. The average Bonchev–Trinajstić information content (AvgIpc) is 3.53. The Hall–Kier alpha value is -1.48. The summed E-state index contributed by atoms with van der Waals surface area (Å²) in [6.45, 7) is 6.44. The summed E-state index contributed by atoms with van der Waals surface area (Å²) in [5.41, 5.74) is 0.394. The zero-order valence-corrected chi connectivity index (χ0v) is 18.0. The van der Waals surface area contributed by atoms with Crippen molar-refractivity contribution in [3.63, 3.8) is 0 Å². The van der Waals surface area contributed by atoms with Gasteiger partial charge in [0.15, 0.2) is 0 Å². The third-order valence-electron chi connectivity index (χ3n) is 6.05. The van der Waals surface area contributed by atoms with Crippen molar-refractivity contribution >= 4 is 15.9 Å². The maximum Gasteiger partial charge on any atom is 0.251 e. The van der Waals surface area contributed by atoms with Crippen LogP contribution < -0.4 is 5.32 Å². The van der Waals surface area contributed by atoms with Crippen LogP contribution >= 0.6 is 0 Å². The highest BCUT2D eigenvalue weighted by Crippen LogP contribution is 2.29. The SMILES string of the molecule is CC1CN(S(=O)(=O)c2cccc(C(=O)NC3CCN(C4CC4)CC3)c2)CC(C)O1. The van der Waals surface area contributed by atoms with Gasteiger partial charge >= 0.3 is 0 Å². The zero-order valence-electron chi connectivity index (χ0n) is 17.2. The van der Waals surface area contributed by atoms with E-state index in [2.05, 4.69) is 10.2 Å². The van der Waals surface area contributed by atoms with Gasteiger partial charge in [-0.2, -0.15) is 4.31 Å². The molecule has 2 atom stereocenters. The van der Waals surface area contributed by atoms with Crippen LogP contribution in [0.1, 0.15) is 49.9 Å². The first-order valence-corrected chi connectivity index (χ1v) is 12.1. The van der Waals surface area contributed by atoms with E-state index in [4.69, 9.17) is 4.74 Å². The lowest BCUT2D eigenvalue weighted by Gasteiger charge is -2.34. The fourth-order valence-electron chi connectivity index (χ4n) is 4.39. The second-order valence-electron chi connectivity index (χ2n) is 8.62. The molecule has 8 heteroatoms. The Morgan fingerprint density at radius 1 is 1.07 bits per heavy atom. The number of ether oxygens (including phenoxy) is 1. The molecular weight excluding hydrogens is 390 g/mol. The lowest BCUT2D eigenvalue weighted by atomic mass is 10.0. The Kier molecular flexibility index (Phi) is 5.97. The van der Waals surface area contributed by atoms with Crippen LogP contribution in [0.5, 0.6) is 0 Å². The Labute approximate surface area is 173 Å². The molecule has 0 aromatic heterocycles. The number of rotatable bonds is 5. The minimum Gasteiger partial charge on any atom is -0.373 e. The first-order valence-electron chi connectivity index (χ1n) is 10.6. The summed E-state index contributed by atoms with van der Waals surface area (Å²) in [6.07, 6.45) is 4.20. The van der Waals surface area contributed by atoms with Crippen LogP contribution in [0.3, 0.4) is 0 Å². The van der Waals surface area contributed by atoms with Gasteiger partial charge < -0.3 is 15.0 Å². The number of amides is 1. The third kappa shape index (κ3) is 4.82. The van der Waals surface area contributed by atoms with E-state index in [1.165, 1.54) is 23.2 Å². The minimum absolute atomic E-state index is 0.151. The van der Waals surface area contributed by atoms with Crippen molar-refractivity contribution in [3.8, 4) is 0 Å². The molecule has 2 unspecified atom stereocenters. The second-order valence-corrected chi connectivity index (χ2v) is 10.6. The number of sulfonamides is 1. The van der Waals surface area contributed by atoms with E-state index in [0.717, 1.165) is 32.0 Å². The Balaban J connectivity index is 1.41. The summed E-state index contributed by atoms with van der Waals surface area (Å²) < 4.78 is 33.3. The fraction of sp³-hybridized carbons (Fsp3) is 0.667. The number of nitrogens with zero attached hydrogens (tertiary/aromatic N) is 2. The monoisotopic (exact) mass is 421 g/mol. The molecule has 1 N–H and O–H groups in total. The normalized spacial score (nSPS) is 27.7. The maximum atomic E-state index is 13.1. The van der Waals surface area contributed by atoms with Crippen LogP contribution in [0.15, 0.2) is 29.2 Å². The summed E-state index contributed by atoms with van der Waals surface area (Å²) in [7, 11) is -3.66. The quantitative estimate of drug-likeness (QED) is 0.785. The highest BCUT2D eigenvalue weighted by Gasteiger charge is 2.34. The lowest BCUT2D eigenvalue weighted by molar-refractivity contribution is -0.0440. The number of hydrogen-bond donors (Lipinski definition) is 1. The van der Waals surface area contributed by atoms with Crippen LogP contribution in [0, 0.1) is 0 Å². The number of morpholine rings is 1. The number of carbonyl (C=O) groups excluding carboxylic acids is 1. The van der Waals surface area contributed by atoms with E-state index in [1.54, 1.807) is 18.2 Å². The summed E-state index contributed by atoms with van der Waals surface area (Å²) in [5, 5.41) is 3.09. The van der Waals surface area contributed by atoms with E-state index in [1.807, 2.05) is 13.8 Å². The first kappa shape index (κ1) is 20.8. The molecule has 1 saturated carbocycles. The van der Waals surface area contributed by atoms with Gasteiger partial charge in [0.1, 0.15) is 0 Å².